The van der Waals surface area contributed by atoms with Crippen molar-refractivity contribution in [2.75, 3.05) is 13.1 Å². The normalized spacial score (nSPS) is 18.9. The third kappa shape index (κ3) is 4.46. The first kappa shape index (κ1) is 17.2. The smallest absolute Gasteiger partial charge is 0.0543 e. The highest BCUT2D eigenvalue weighted by Crippen LogP contribution is 2.19. The van der Waals surface area contributed by atoms with Crippen LogP contribution in [0.15, 0.2) is 42.7 Å². The van der Waals surface area contributed by atoms with Gasteiger partial charge in [-0.1, -0.05) is 30.3 Å². The van der Waals surface area contributed by atoms with Crippen LogP contribution >= 0.6 is 0 Å². The Morgan fingerprint density at radius 1 is 1.17 bits per heavy atom. The van der Waals surface area contributed by atoms with Gasteiger partial charge >= 0.3 is 0 Å². The first-order valence-electron chi connectivity index (χ1n) is 9.05. The molecule has 0 bridgehead atoms. The molecule has 0 saturated carbocycles. The second kappa shape index (κ2) is 7.49. The maximum atomic E-state index is 4.57. The fraction of sp³-hybridized carbons (Fsp3) is 0.550. The zero-order valence-electron chi connectivity index (χ0n) is 15.2. The summed E-state index contributed by atoms with van der Waals surface area (Å²) in [7, 11) is 0. The van der Waals surface area contributed by atoms with Gasteiger partial charge in [0, 0.05) is 37.4 Å². The maximum Gasteiger partial charge on any atom is 0.0543 e. The van der Waals surface area contributed by atoms with Gasteiger partial charge in [-0.3, -0.25) is 9.58 Å². The van der Waals surface area contributed by atoms with Gasteiger partial charge in [-0.05, 0) is 45.7 Å². The van der Waals surface area contributed by atoms with Crippen LogP contribution < -0.4 is 5.32 Å². The first-order chi connectivity index (χ1) is 11.5. The highest BCUT2D eigenvalue weighted by Gasteiger charge is 2.22. The Balaban J connectivity index is 1.75. The molecule has 1 atom stereocenters. The van der Waals surface area contributed by atoms with Crippen LogP contribution in [-0.2, 0) is 18.6 Å². The minimum Gasteiger partial charge on any atom is -0.315 e. The molecule has 0 radical (unpaired) electrons. The van der Waals surface area contributed by atoms with Crippen molar-refractivity contribution >= 4 is 0 Å². The van der Waals surface area contributed by atoms with Gasteiger partial charge in [0.1, 0.15) is 0 Å². The zero-order chi connectivity index (χ0) is 17.0. The van der Waals surface area contributed by atoms with Crippen LogP contribution in [0.3, 0.4) is 0 Å². The standard InChI is InChI=1S/C20H30N4/c1-20(2,3)24-16-18(12-22-24)15-23(19-10-7-11-21-13-19)14-17-8-5-4-6-9-17/h4-6,8-9,12,16,19,21H,7,10-11,13-15H2,1-3H3. The predicted octanol–water partition coefficient (Wildman–Crippen LogP) is 3.39. The fourth-order valence-corrected chi connectivity index (χ4v) is 3.32. The van der Waals surface area contributed by atoms with Crippen LogP contribution in [0.2, 0.25) is 0 Å². The van der Waals surface area contributed by atoms with Gasteiger partial charge in [0.2, 0.25) is 0 Å². The van der Waals surface area contributed by atoms with E-state index in [1.807, 2.05) is 6.20 Å². The maximum absolute atomic E-state index is 4.57. The average Bonchev–Trinajstić information content (AvgIpc) is 3.05. The molecule has 1 aromatic heterocycles. The lowest BCUT2D eigenvalue weighted by Crippen LogP contribution is -2.45. The summed E-state index contributed by atoms with van der Waals surface area (Å²) >= 11 is 0. The van der Waals surface area contributed by atoms with E-state index in [-0.39, 0.29) is 5.54 Å². The van der Waals surface area contributed by atoms with Crippen molar-refractivity contribution < 1.29 is 0 Å². The van der Waals surface area contributed by atoms with Crippen molar-refractivity contribution in [1.29, 1.82) is 0 Å². The predicted molar refractivity (Wildman–Crippen MR) is 98.8 cm³/mol. The molecular weight excluding hydrogens is 296 g/mol. The molecule has 3 rings (SSSR count). The largest absolute Gasteiger partial charge is 0.315 e. The summed E-state index contributed by atoms with van der Waals surface area (Å²) in [6.07, 6.45) is 6.76. The van der Waals surface area contributed by atoms with E-state index < -0.39 is 0 Å². The molecule has 1 fully saturated rings. The second-order valence-electron chi connectivity index (χ2n) is 7.85. The molecule has 1 N–H and O–H groups in total. The van der Waals surface area contributed by atoms with E-state index in [0.717, 1.165) is 26.2 Å². The monoisotopic (exact) mass is 326 g/mol. The van der Waals surface area contributed by atoms with Gasteiger partial charge in [0.15, 0.2) is 0 Å². The van der Waals surface area contributed by atoms with Gasteiger partial charge < -0.3 is 5.32 Å². The summed E-state index contributed by atoms with van der Waals surface area (Å²) < 4.78 is 2.07. The fourth-order valence-electron chi connectivity index (χ4n) is 3.32. The van der Waals surface area contributed by atoms with Crippen molar-refractivity contribution in [3.05, 3.63) is 53.9 Å². The molecule has 4 heteroatoms. The Morgan fingerprint density at radius 3 is 2.54 bits per heavy atom. The van der Waals surface area contributed by atoms with E-state index in [0.29, 0.717) is 6.04 Å². The molecule has 0 spiro atoms. The Bertz CT molecular complexity index is 621. The molecule has 24 heavy (non-hydrogen) atoms. The Kier molecular flexibility index (Phi) is 5.36. The van der Waals surface area contributed by atoms with E-state index in [1.165, 1.54) is 24.0 Å². The van der Waals surface area contributed by atoms with Crippen LogP contribution in [0.4, 0.5) is 0 Å². The lowest BCUT2D eigenvalue weighted by molar-refractivity contribution is 0.149. The van der Waals surface area contributed by atoms with E-state index in [1.54, 1.807) is 0 Å². The lowest BCUT2D eigenvalue weighted by atomic mass is 10.0. The van der Waals surface area contributed by atoms with E-state index in [2.05, 4.69) is 77.3 Å². The number of nitrogens with zero attached hydrogens (tertiary/aromatic N) is 3. The van der Waals surface area contributed by atoms with Crippen LogP contribution in [0.1, 0.15) is 44.7 Å². The number of rotatable bonds is 5. The molecule has 1 aromatic carbocycles. The Hall–Kier alpha value is -1.65. The third-order valence-corrected chi connectivity index (χ3v) is 4.72. The summed E-state index contributed by atoms with van der Waals surface area (Å²) in [5.41, 5.74) is 2.72. The highest BCUT2D eigenvalue weighted by molar-refractivity contribution is 5.15. The minimum absolute atomic E-state index is 0.0366. The third-order valence-electron chi connectivity index (χ3n) is 4.72. The Labute approximate surface area is 145 Å². The SMILES string of the molecule is CC(C)(C)n1cc(CN(Cc2ccccc2)C2CCCNC2)cn1. The molecular formula is C20H30N4. The summed E-state index contributed by atoms with van der Waals surface area (Å²) in [5.74, 6) is 0. The van der Waals surface area contributed by atoms with E-state index in [9.17, 15) is 0 Å². The quantitative estimate of drug-likeness (QED) is 0.914. The number of benzene rings is 1. The topological polar surface area (TPSA) is 33.1 Å². The van der Waals surface area contributed by atoms with Gasteiger partial charge in [-0.15, -0.1) is 0 Å². The van der Waals surface area contributed by atoms with Crippen molar-refractivity contribution in [3.63, 3.8) is 0 Å². The lowest BCUT2D eigenvalue weighted by Gasteiger charge is -2.34. The summed E-state index contributed by atoms with van der Waals surface area (Å²) in [6, 6.07) is 11.4. The first-order valence-corrected chi connectivity index (χ1v) is 9.05. The molecule has 0 amide bonds. The number of nitrogens with one attached hydrogen (secondary N) is 1. The van der Waals surface area contributed by atoms with Crippen LogP contribution in [0, 0.1) is 0 Å². The van der Waals surface area contributed by atoms with Gasteiger partial charge in [-0.25, -0.2) is 0 Å². The van der Waals surface area contributed by atoms with Crippen molar-refractivity contribution in [1.82, 2.24) is 20.0 Å². The van der Waals surface area contributed by atoms with E-state index in [4.69, 9.17) is 0 Å². The number of hydrogen-bond acceptors (Lipinski definition) is 3. The van der Waals surface area contributed by atoms with Gasteiger partial charge in [-0.2, -0.15) is 5.10 Å². The molecule has 1 saturated heterocycles. The average molecular weight is 326 g/mol. The minimum atomic E-state index is 0.0366. The van der Waals surface area contributed by atoms with Crippen molar-refractivity contribution in [3.8, 4) is 0 Å². The summed E-state index contributed by atoms with van der Waals surface area (Å²) in [6.45, 7) is 10.8. The number of aromatic nitrogens is 2. The van der Waals surface area contributed by atoms with Crippen LogP contribution in [-0.4, -0.2) is 33.8 Å². The molecule has 2 heterocycles. The molecule has 1 aliphatic rings. The summed E-state index contributed by atoms with van der Waals surface area (Å²) in [4.78, 5) is 2.60. The van der Waals surface area contributed by atoms with Gasteiger partial charge in [0.25, 0.3) is 0 Å². The van der Waals surface area contributed by atoms with Crippen molar-refractivity contribution in [2.24, 2.45) is 0 Å². The van der Waals surface area contributed by atoms with Crippen molar-refractivity contribution in [2.45, 2.75) is 58.3 Å². The molecule has 2 aromatic rings. The second-order valence-corrected chi connectivity index (χ2v) is 7.85. The molecule has 1 unspecified atom stereocenters. The Morgan fingerprint density at radius 2 is 1.92 bits per heavy atom. The van der Waals surface area contributed by atoms with E-state index >= 15 is 0 Å². The molecule has 1 aliphatic heterocycles. The summed E-state index contributed by atoms with van der Waals surface area (Å²) in [5, 5.41) is 8.12. The number of hydrogen-bond donors (Lipinski definition) is 1. The molecule has 130 valence electrons. The van der Waals surface area contributed by atoms with Crippen LogP contribution in [0.25, 0.3) is 0 Å². The number of piperidine rings is 1. The van der Waals surface area contributed by atoms with Crippen LogP contribution in [0.5, 0.6) is 0 Å². The molecule has 4 nitrogen and oxygen atoms in total. The van der Waals surface area contributed by atoms with Gasteiger partial charge in [0.05, 0.1) is 11.7 Å². The zero-order valence-corrected chi connectivity index (χ0v) is 15.2. The molecule has 0 aliphatic carbocycles. The highest BCUT2D eigenvalue weighted by atomic mass is 15.3.